The first-order chi connectivity index (χ1) is 10.3. The topological polar surface area (TPSA) is 37.8 Å². The monoisotopic (exact) mass is 301 g/mol. The first-order valence-corrected chi connectivity index (χ1v) is 8.81. The molecule has 0 fully saturated rings. The van der Waals surface area contributed by atoms with Gasteiger partial charge in [-0.1, -0.05) is 13.8 Å². The molecule has 2 heterocycles. The fourth-order valence-electron chi connectivity index (χ4n) is 2.97. The summed E-state index contributed by atoms with van der Waals surface area (Å²) in [6.07, 6.45) is 9.65. The molecule has 0 amide bonds. The number of hydrogen-bond donors (Lipinski definition) is 1. The molecule has 1 N–H and O–H groups in total. The van der Waals surface area contributed by atoms with Crippen LogP contribution in [0.5, 0.6) is 0 Å². The van der Waals surface area contributed by atoms with Gasteiger partial charge < -0.3 is 5.32 Å². The Morgan fingerprint density at radius 1 is 1.38 bits per heavy atom. The Kier molecular flexibility index (Phi) is 4.66. The van der Waals surface area contributed by atoms with Crippen LogP contribution in [-0.2, 0) is 12.8 Å². The molecule has 3 rings (SSSR count). The number of pyridine rings is 1. The minimum atomic E-state index is 0.506. The number of hydrogen-bond acceptors (Lipinski definition) is 4. The average molecular weight is 301 g/mol. The zero-order valence-electron chi connectivity index (χ0n) is 12.9. The second-order valence-corrected chi connectivity index (χ2v) is 6.65. The molecule has 0 radical (unpaired) electrons. The molecule has 0 saturated heterocycles. The number of rotatable bonds is 5. The van der Waals surface area contributed by atoms with Crippen LogP contribution in [0, 0.1) is 0 Å². The highest BCUT2D eigenvalue weighted by molar-refractivity contribution is 7.15. The summed E-state index contributed by atoms with van der Waals surface area (Å²) in [5.41, 5.74) is 3.87. The Bertz CT molecular complexity index is 606. The van der Waals surface area contributed by atoms with Gasteiger partial charge in [-0.05, 0) is 50.3 Å². The summed E-state index contributed by atoms with van der Waals surface area (Å²) >= 11 is 1.88. The highest BCUT2D eigenvalue weighted by Gasteiger charge is 2.24. The minimum Gasteiger partial charge on any atom is -0.309 e. The van der Waals surface area contributed by atoms with E-state index in [1.54, 1.807) is 0 Å². The summed E-state index contributed by atoms with van der Waals surface area (Å²) < 4.78 is 0. The Morgan fingerprint density at radius 3 is 3.10 bits per heavy atom. The Balaban J connectivity index is 1.94. The maximum Gasteiger partial charge on any atom is 0.124 e. The average Bonchev–Trinajstić information content (AvgIpc) is 2.97. The van der Waals surface area contributed by atoms with E-state index < -0.39 is 0 Å². The van der Waals surface area contributed by atoms with E-state index in [0.29, 0.717) is 6.04 Å². The molecule has 21 heavy (non-hydrogen) atoms. The fraction of sp³-hybridized carbons (Fsp3) is 0.529. The number of nitrogens with one attached hydrogen (secondary N) is 1. The summed E-state index contributed by atoms with van der Waals surface area (Å²) in [6, 6.07) is 2.62. The minimum absolute atomic E-state index is 0.506. The van der Waals surface area contributed by atoms with Gasteiger partial charge in [-0.25, -0.2) is 4.98 Å². The lowest BCUT2D eigenvalue weighted by Crippen LogP contribution is -2.24. The molecule has 1 unspecified atom stereocenters. The maximum atomic E-state index is 4.94. The lowest BCUT2D eigenvalue weighted by atomic mass is 9.98. The van der Waals surface area contributed by atoms with Crippen LogP contribution in [0.1, 0.15) is 55.3 Å². The van der Waals surface area contributed by atoms with Crippen molar-refractivity contribution in [3.8, 4) is 10.6 Å². The van der Waals surface area contributed by atoms with Gasteiger partial charge in [0.2, 0.25) is 0 Å². The zero-order valence-corrected chi connectivity index (χ0v) is 13.7. The molecule has 0 spiro atoms. The van der Waals surface area contributed by atoms with Gasteiger partial charge >= 0.3 is 0 Å². The Hall–Kier alpha value is -1.26. The molecule has 1 aliphatic rings. The van der Waals surface area contributed by atoms with E-state index in [2.05, 4.69) is 30.2 Å². The van der Waals surface area contributed by atoms with Gasteiger partial charge in [0.15, 0.2) is 0 Å². The number of aromatic nitrogens is 2. The summed E-state index contributed by atoms with van der Waals surface area (Å²) in [5.74, 6) is 0. The first kappa shape index (κ1) is 14.7. The summed E-state index contributed by atoms with van der Waals surface area (Å²) in [6.45, 7) is 5.49. The fourth-order valence-corrected chi connectivity index (χ4v) is 4.25. The molecule has 0 aromatic carbocycles. The molecule has 0 saturated carbocycles. The van der Waals surface area contributed by atoms with Gasteiger partial charge in [0.1, 0.15) is 5.01 Å². The maximum absolute atomic E-state index is 4.94. The molecule has 1 aliphatic carbocycles. The van der Waals surface area contributed by atoms with Crippen LogP contribution < -0.4 is 5.32 Å². The van der Waals surface area contributed by atoms with E-state index >= 15 is 0 Å². The number of aryl methyl sites for hydroxylation is 2. The summed E-state index contributed by atoms with van der Waals surface area (Å²) in [7, 11) is 0. The van der Waals surface area contributed by atoms with Gasteiger partial charge in [0.25, 0.3) is 0 Å². The van der Waals surface area contributed by atoms with Crippen molar-refractivity contribution >= 4 is 11.3 Å². The SMILES string of the molecule is CCCNC1CCCc2nc(-c3ccncc3CC)sc21. The lowest BCUT2D eigenvalue weighted by molar-refractivity contribution is 0.465. The normalized spacial score (nSPS) is 17.7. The van der Waals surface area contributed by atoms with E-state index in [1.165, 1.54) is 46.0 Å². The van der Waals surface area contributed by atoms with Crippen molar-refractivity contribution in [3.63, 3.8) is 0 Å². The van der Waals surface area contributed by atoms with Crippen LogP contribution in [-0.4, -0.2) is 16.5 Å². The van der Waals surface area contributed by atoms with Crippen molar-refractivity contribution in [3.05, 3.63) is 34.6 Å². The Labute approximate surface area is 130 Å². The highest BCUT2D eigenvalue weighted by Crippen LogP contribution is 2.38. The third-order valence-corrected chi connectivity index (χ3v) is 5.35. The number of fused-ring (bicyclic) bond motifs is 1. The van der Waals surface area contributed by atoms with Crippen molar-refractivity contribution in [2.24, 2.45) is 0 Å². The lowest BCUT2D eigenvalue weighted by Gasteiger charge is -2.22. The van der Waals surface area contributed by atoms with Gasteiger partial charge in [-0.15, -0.1) is 11.3 Å². The van der Waals surface area contributed by atoms with E-state index in [9.17, 15) is 0 Å². The standard InChI is InChI=1S/C17H23N3S/c1-3-9-19-14-6-5-7-15-16(14)21-17(20-15)13-8-10-18-11-12(13)4-2/h8,10-11,14,19H,3-7,9H2,1-2H3. The van der Waals surface area contributed by atoms with Crippen LogP contribution in [0.2, 0.25) is 0 Å². The molecule has 0 bridgehead atoms. The Morgan fingerprint density at radius 2 is 2.29 bits per heavy atom. The highest BCUT2D eigenvalue weighted by atomic mass is 32.1. The number of nitrogens with zero attached hydrogens (tertiary/aromatic N) is 2. The molecular weight excluding hydrogens is 278 g/mol. The van der Waals surface area contributed by atoms with E-state index in [1.807, 2.05) is 23.7 Å². The second kappa shape index (κ2) is 6.67. The number of thiazole rings is 1. The van der Waals surface area contributed by atoms with Crippen molar-refractivity contribution in [1.29, 1.82) is 0 Å². The molecule has 2 aromatic rings. The van der Waals surface area contributed by atoms with Crippen LogP contribution in [0.15, 0.2) is 18.5 Å². The van der Waals surface area contributed by atoms with Crippen LogP contribution >= 0.6 is 11.3 Å². The van der Waals surface area contributed by atoms with Crippen molar-refractivity contribution < 1.29 is 0 Å². The van der Waals surface area contributed by atoms with E-state index in [0.717, 1.165) is 19.4 Å². The van der Waals surface area contributed by atoms with Gasteiger partial charge in [-0.2, -0.15) is 0 Å². The molecule has 3 nitrogen and oxygen atoms in total. The third-order valence-electron chi connectivity index (χ3n) is 4.11. The van der Waals surface area contributed by atoms with Gasteiger partial charge in [-0.3, -0.25) is 4.98 Å². The molecule has 4 heteroatoms. The summed E-state index contributed by atoms with van der Waals surface area (Å²) in [4.78, 5) is 10.6. The van der Waals surface area contributed by atoms with Gasteiger partial charge in [0.05, 0.1) is 5.69 Å². The molecule has 0 aliphatic heterocycles. The zero-order chi connectivity index (χ0) is 14.7. The van der Waals surface area contributed by atoms with E-state index in [-0.39, 0.29) is 0 Å². The second-order valence-electron chi connectivity index (χ2n) is 5.62. The molecule has 2 aromatic heterocycles. The van der Waals surface area contributed by atoms with Crippen molar-refractivity contribution in [1.82, 2.24) is 15.3 Å². The van der Waals surface area contributed by atoms with Crippen LogP contribution in [0.3, 0.4) is 0 Å². The van der Waals surface area contributed by atoms with Crippen molar-refractivity contribution in [2.75, 3.05) is 6.54 Å². The molecule has 1 atom stereocenters. The van der Waals surface area contributed by atoms with Crippen molar-refractivity contribution in [2.45, 2.75) is 52.0 Å². The predicted molar refractivity (Wildman–Crippen MR) is 88.7 cm³/mol. The smallest absolute Gasteiger partial charge is 0.124 e. The molecule has 112 valence electrons. The van der Waals surface area contributed by atoms with Crippen LogP contribution in [0.25, 0.3) is 10.6 Å². The predicted octanol–water partition coefficient (Wildman–Crippen LogP) is 4.14. The molecular formula is C17H23N3S. The largest absolute Gasteiger partial charge is 0.309 e. The summed E-state index contributed by atoms with van der Waals surface area (Å²) in [5, 5.41) is 4.85. The third kappa shape index (κ3) is 3.01. The van der Waals surface area contributed by atoms with Crippen LogP contribution in [0.4, 0.5) is 0 Å². The first-order valence-electron chi connectivity index (χ1n) is 7.99. The van der Waals surface area contributed by atoms with Gasteiger partial charge in [0, 0.05) is 28.9 Å². The van der Waals surface area contributed by atoms with E-state index in [4.69, 9.17) is 4.98 Å². The quantitative estimate of drug-likeness (QED) is 0.901.